The van der Waals surface area contributed by atoms with Crippen LogP contribution in [0.4, 0.5) is 11.4 Å². The molecule has 0 aliphatic heterocycles. The number of benzene rings is 3. The standard InChI is InChI=1S/C23H23N3O5S/c1-16-12-13-21(31-2)20(14-16)26(32(29,30)17-8-4-3-5-9-17)15-22(27)25-19-11-7-6-10-18(19)23(24)28/h3-14H,15H2,1-2H3,(H2,24,28)(H,25,27). The number of hydrogen-bond acceptors (Lipinski definition) is 5. The summed E-state index contributed by atoms with van der Waals surface area (Å²) in [6.07, 6.45) is 0. The van der Waals surface area contributed by atoms with Gasteiger partial charge in [0.15, 0.2) is 0 Å². The Balaban J connectivity index is 2.04. The van der Waals surface area contributed by atoms with E-state index in [1.165, 1.54) is 31.4 Å². The third-order valence-electron chi connectivity index (χ3n) is 4.69. The zero-order chi connectivity index (χ0) is 23.3. The second-order valence-corrected chi connectivity index (χ2v) is 8.82. The predicted octanol–water partition coefficient (Wildman–Crippen LogP) is 2.94. The molecule has 0 aliphatic carbocycles. The van der Waals surface area contributed by atoms with Crippen LogP contribution in [-0.2, 0) is 14.8 Å². The second kappa shape index (κ2) is 9.52. The number of rotatable bonds is 8. The topological polar surface area (TPSA) is 119 Å². The Morgan fingerprint density at radius 3 is 2.31 bits per heavy atom. The second-order valence-electron chi connectivity index (χ2n) is 6.96. The number of nitrogens with two attached hydrogens (primary N) is 1. The zero-order valence-corrected chi connectivity index (χ0v) is 18.4. The molecule has 2 amide bonds. The lowest BCUT2D eigenvalue weighted by Gasteiger charge is -2.26. The van der Waals surface area contributed by atoms with Crippen LogP contribution in [0.15, 0.2) is 77.7 Å². The fourth-order valence-corrected chi connectivity index (χ4v) is 4.59. The average Bonchev–Trinajstić information content (AvgIpc) is 2.78. The van der Waals surface area contributed by atoms with Crippen molar-refractivity contribution in [2.45, 2.75) is 11.8 Å². The summed E-state index contributed by atoms with van der Waals surface area (Å²) in [6.45, 7) is 1.25. The molecule has 0 radical (unpaired) electrons. The monoisotopic (exact) mass is 453 g/mol. The molecular weight excluding hydrogens is 430 g/mol. The van der Waals surface area contributed by atoms with Crippen LogP contribution in [0.1, 0.15) is 15.9 Å². The lowest BCUT2D eigenvalue weighted by molar-refractivity contribution is -0.114. The first-order valence-corrected chi connectivity index (χ1v) is 11.1. The number of para-hydroxylation sites is 1. The van der Waals surface area contributed by atoms with Gasteiger partial charge >= 0.3 is 0 Å². The number of primary amides is 1. The van der Waals surface area contributed by atoms with Crippen molar-refractivity contribution in [3.63, 3.8) is 0 Å². The number of methoxy groups -OCH3 is 1. The summed E-state index contributed by atoms with van der Waals surface area (Å²) in [5, 5.41) is 2.58. The molecule has 0 saturated heterocycles. The average molecular weight is 454 g/mol. The van der Waals surface area contributed by atoms with E-state index in [2.05, 4.69) is 5.32 Å². The van der Waals surface area contributed by atoms with E-state index in [1.807, 2.05) is 0 Å². The lowest BCUT2D eigenvalue weighted by atomic mass is 10.1. The van der Waals surface area contributed by atoms with Crippen LogP contribution in [0.25, 0.3) is 0 Å². The summed E-state index contributed by atoms with van der Waals surface area (Å²) in [5.74, 6) is -1.07. The molecule has 3 aromatic carbocycles. The van der Waals surface area contributed by atoms with Gasteiger partial charge in [0, 0.05) is 0 Å². The normalized spacial score (nSPS) is 10.9. The first-order chi connectivity index (χ1) is 15.2. The van der Waals surface area contributed by atoms with Gasteiger partial charge in [-0.2, -0.15) is 0 Å². The molecular formula is C23H23N3O5S. The minimum atomic E-state index is -4.12. The maximum Gasteiger partial charge on any atom is 0.264 e. The number of aryl methyl sites for hydroxylation is 1. The van der Waals surface area contributed by atoms with Crippen LogP contribution in [0, 0.1) is 6.92 Å². The number of hydrogen-bond donors (Lipinski definition) is 2. The van der Waals surface area contributed by atoms with Crippen LogP contribution in [0.2, 0.25) is 0 Å². The van der Waals surface area contributed by atoms with Gasteiger partial charge in [-0.3, -0.25) is 13.9 Å². The molecule has 8 nitrogen and oxygen atoms in total. The summed E-state index contributed by atoms with van der Waals surface area (Å²) in [4.78, 5) is 24.6. The van der Waals surface area contributed by atoms with E-state index in [-0.39, 0.29) is 21.8 Å². The Kier molecular flexibility index (Phi) is 6.79. The Morgan fingerprint density at radius 1 is 1.00 bits per heavy atom. The molecule has 0 atom stereocenters. The third kappa shape index (κ3) is 4.89. The quantitative estimate of drug-likeness (QED) is 0.544. The number of sulfonamides is 1. The first-order valence-electron chi connectivity index (χ1n) is 9.65. The molecule has 0 bridgehead atoms. The van der Waals surface area contributed by atoms with Gasteiger partial charge in [-0.25, -0.2) is 8.42 Å². The van der Waals surface area contributed by atoms with E-state index in [1.54, 1.807) is 55.5 Å². The van der Waals surface area contributed by atoms with Crippen LogP contribution < -0.4 is 20.1 Å². The molecule has 0 aromatic heterocycles. The summed E-state index contributed by atoms with van der Waals surface area (Å²) >= 11 is 0. The smallest absolute Gasteiger partial charge is 0.264 e. The Morgan fingerprint density at radius 2 is 1.66 bits per heavy atom. The van der Waals surface area contributed by atoms with Crippen molar-refractivity contribution in [1.82, 2.24) is 0 Å². The van der Waals surface area contributed by atoms with Crippen LogP contribution in [-0.4, -0.2) is 33.9 Å². The van der Waals surface area contributed by atoms with Crippen molar-refractivity contribution >= 4 is 33.2 Å². The van der Waals surface area contributed by atoms with Crippen molar-refractivity contribution in [3.8, 4) is 5.75 Å². The van der Waals surface area contributed by atoms with Gasteiger partial charge in [-0.05, 0) is 48.9 Å². The maximum atomic E-state index is 13.5. The van der Waals surface area contributed by atoms with Gasteiger partial charge in [-0.15, -0.1) is 0 Å². The number of anilines is 2. The molecule has 0 saturated carbocycles. The molecule has 0 aliphatic rings. The molecule has 3 rings (SSSR count). The molecule has 32 heavy (non-hydrogen) atoms. The number of nitrogens with one attached hydrogen (secondary N) is 1. The summed E-state index contributed by atoms with van der Waals surface area (Å²) < 4.78 is 33.3. The molecule has 0 spiro atoms. The highest BCUT2D eigenvalue weighted by Crippen LogP contribution is 2.33. The number of amides is 2. The highest BCUT2D eigenvalue weighted by Gasteiger charge is 2.29. The van der Waals surface area contributed by atoms with Crippen LogP contribution >= 0.6 is 0 Å². The SMILES string of the molecule is COc1ccc(C)cc1N(CC(=O)Nc1ccccc1C(N)=O)S(=O)(=O)c1ccccc1. The number of nitrogens with zero attached hydrogens (tertiary/aromatic N) is 1. The Labute approximate surface area is 186 Å². The van der Waals surface area contributed by atoms with E-state index < -0.39 is 28.4 Å². The predicted molar refractivity (Wildman–Crippen MR) is 122 cm³/mol. The van der Waals surface area contributed by atoms with Crippen molar-refractivity contribution < 1.29 is 22.7 Å². The minimum absolute atomic E-state index is 0.0221. The Bertz CT molecular complexity index is 1240. The van der Waals surface area contributed by atoms with Crippen molar-refractivity contribution in [3.05, 3.63) is 83.9 Å². The largest absolute Gasteiger partial charge is 0.495 e. The lowest BCUT2D eigenvalue weighted by Crippen LogP contribution is -2.38. The summed E-state index contributed by atoms with van der Waals surface area (Å²) in [5.41, 5.74) is 6.68. The molecule has 0 unspecified atom stereocenters. The number of carbonyl (C=O) groups is 2. The maximum absolute atomic E-state index is 13.5. The fraction of sp³-hybridized carbons (Fsp3) is 0.130. The van der Waals surface area contributed by atoms with Crippen molar-refractivity contribution in [2.75, 3.05) is 23.3 Å². The molecule has 3 aromatic rings. The Hall–Kier alpha value is -3.85. The van der Waals surface area contributed by atoms with Crippen LogP contribution in [0.3, 0.4) is 0 Å². The fourth-order valence-electron chi connectivity index (χ4n) is 3.14. The molecule has 0 fully saturated rings. The molecule has 0 heterocycles. The van der Waals surface area contributed by atoms with Gasteiger partial charge in [0.25, 0.3) is 15.9 Å². The molecule has 166 valence electrons. The molecule has 9 heteroatoms. The van der Waals surface area contributed by atoms with E-state index in [4.69, 9.17) is 10.5 Å². The van der Waals surface area contributed by atoms with Gasteiger partial charge in [0.05, 0.1) is 28.9 Å². The van der Waals surface area contributed by atoms with E-state index in [0.717, 1.165) is 9.87 Å². The van der Waals surface area contributed by atoms with Crippen molar-refractivity contribution in [2.24, 2.45) is 5.73 Å². The van der Waals surface area contributed by atoms with Gasteiger partial charge in [-0.1, -0.05) is 36.4 Å². The third-order valence-corrected chi connectivity index (χ3v) is 6.46. The van der Waals surface area contributed by atoms with Crippen LogP contribution in [0.5, 0.6) is 5.75 Å². The van der Waals surface area contributed by atoms with Gasteiger partial charge in [0.1, 0.15) is 12.3 Å². The van der Waals surface area contributed by atoms with E-state index in [0.29, 0.717) is 5.75 Å². The summed E-state index contributed by atoms with van der Waals surface area (Å²) in [7, 11) is -2.70. The number of carbonyl (C=O) groups excluding carboxylic acids is 2. The minimum Gasteiger partial charge on any atom is -0.495 e. The van der Waals surface area contributed by atoms with Crippen molar-refractivity contribution in [1.29, 1.82) is 0 Å². The zero-order valence-electron chi connectivity index (χ0n) is 17.6. The molecule has 3 N–H and O–H groups in total. The highest BCUT2D eigenvalue weighted by atomic mass is 32.2. The van der Waals surface area contributed by atoms with E-state index in [9.17, 15) is 18.0 Å². The van der Waals surface area contributed by atoms with Gasteiger partial charge in [0.2, 0.25) is 5.91 Å². The highest BCUT2D eigenvalue weighted by molar-refractivity contribution is 7.92. The van der Waals surface area contributed by atoms with Gasteiger partial charge < -0.3 is 15.8 Å². The summed E-state index contributed by atoms with van der Waals surface area (Å²) in [6, 6.07) is 19.1. The first kappa shape index (κ1) is 22.8. The number of ether oxygens (including phenoxy) is 1. The van der Waals surface area contributed by atoms with E-state index >= 15 is 0 Å².